The first-order valence-corrected chi connectivity index (χ1v) is 9.42. The van der Waals surface area contributed by atoms with Gasteiger partial charge in [0.2, 0.25) is 0 Å². The first-order valence-electron chi connectivity index (χ1n) is 9.42. The van der Waals surface area contributed by atoms with E-state index in [1.165, 1.54) is 0 Å². The standard InChI is InChI=1S/C23H27NO3/c1-16(25)19-15-18(17-9-6-5-7-10-17)11-12-20(19)23(13-8-14-23)27-21(26)24-22(2,3)4/h5-7,9-12,15H,8,13-14H2,1-4H3,(H,24,26). The van der Waals surface area contributed by atoms with Gasteiger partial charge in [-0.05, 0) is 64.2 Å². The van der Waals surface area contributed by atoms with Crippen molar-refractivity contribution in [3.63, 3.8) is 0 Å². The molecule has 0 atom stereocenters. The number of benzene rings is 2. The van der Waals surface area contributed by atoms with E-state index in [1.807, 2.05) is 69.3 Å². The van der Waals surface area contributed by atoms with Crippen molar-refractivity contribution in [1.82, 2.24) is 5.32 Å². The highest BCUT2D eigenvalue weighted by molar-refractivity contribution is 5.97. The molecule has 1 fully saturated rings. The average Bonchev–Trinajstić information content (AvgIpc) is 2.57. The van der Waals surface area contributed by atoms with Gasteiger partial charge in [-0.1, -0.05) is 42.5 Å². The zero-order chi connectivity index (χ0) is 19.7. The molecule has 4 heteroatoms. The Hall–Kier alpha value is -2.62. The second kappa shape index (κ2) is 7.18. The van der Waals surface area contributed by atoms with Crippen molar-refractivity contribution in [2.24, 2.45) is 0 Å². The summed E-state index contributed by atoms with van der Waals surface area (Å²) in [5.74, 6) is -0.0196. The molecule has 2 aromatic rings. The predicted molar refractivity (Wildman–Crippen MR) is 107 cm³/mol. The largest absolute Gasteiger partial charge is 0.438 e. The maximum absolute atomic E-state index is 12.4. The molecule has 0 saturated heterocycles. The monoisotopic (exact) mass is 365 g/mol. The van der Waals surface area contributed by atoms with Gasteiger partial charge in [0, 0.05) is 16.7 Å². The van der Waals surface area contributed by atoms with Gasteiger partial charge in [0.15, 0.2) is 5.78 Å². The normalized spacial score (nSPS) is 15.6. The van der Waals surface area contributed by atoms with Gasteiger partial charge in [-0.2, -0.15) is 0 Å². The minimum absolute atomic E-state index is 0.0196. The summed E-state index contributed by atoms with van der Waals surface area (Å²) in [5.41, 5.74) is 2.39. The van der Waals surface area contributed by atoms with Crippen LogP contribution in [0.5, 0.6) is 0 Å². The zero-order valence-corrected chi connectivity index (χ0v) is 16.5. The number of nitrogens with one attached hydrogen (secondary N) is 1. The zero-order valence-electron chi connectivity index (χ0n) is 16.5. The highest BCUT2D eigenvalue weighted by Crippen LogP contribution is 2.47. The van der Waals surface area contributed by atoms with E-state index in [2.05, 4.69) is 5.32 Å². The average molecular weight is 365 g/mol. The van der Waals surface area contributed by atoms with Crippen molar-refractivity contribution < 1.29 is 14.3 Å². The Morgan fingerprint density at radius 1 is 1.00 bits per heavy atom. The lowest BCUT2D eigenvalue weighted by Crippen LogP contribution is -2.47. The molecule has 1 amide bonds. The topological polar surface area (TPSA) is 55.4 Å². The van der Waals surface area contributed by atoms with Crippen molar-refractivity contribution in [2.45, 2.75) is 58.1 Å². The number of Topliss-reactive ketones (excluding diaryl/α,β-unsaturated/α-hetero) is 1. The highest BCUT2D eigenvalue weighted by atomic mass is 16.6. The molecule has 0 spiro atoms. The molecule has 1 aliphatic rings. The van der Waals surface area contributed by atoms with E-state index in [1.54, 1.807) is 6.92 Å². The van der Waals surface area contributed by atoms with E-state index >= 15 is 0 Å². The SMILES string of the molecule is CC(=O)c1cc(-c2ccccc2)ccc1C1(OC(=O)NC(C)(C)C)CCC1. The smallest absolute Gasteiger partial charge is 0.408 e. The lowest BCUT2D eigenvalue weighted by atomic mass is 9.72. The van der Waals surface area contributed by atoms with Crippen molar-refractivity contribution in [3.05, 3.63) is 59.7 Å². The summed E-state index contributed by atoms with van der Waals surface area (Å²) in [6, 6.07) is 15.8. The first-order chi connectivity index (χ1) is 12.7. The maximum Gasteiger partial charge on any atom is 0.408 e. The molecule has 1 aliphatic carbocycles. The van der Waals surface area contributed by atoms with Crippen LogP contribution in [0.1, 0.15) is 62.9 Å². The minimum atomic E-state index is -0.717. The highest BCUT2D eigenvalue weighted by Gasteiger charge is 2.45. The number of alkyl carbamates (subject to hydrolysis) is 1. The van der Waals surface area contributed by atoms with E-state index in [4.69, 9.17) is 4.74 Å². The summed E-state index contributed by atoms with van der Waals surface area (Å²) < 4.78 is 5.87. The van der Waals surface area contributed by atoms with Gasteiger partial charge in [0.25, 0.3) is 0 Å². The van der Waals surface area contributed by atoms with E-state index < -0.39 is 11.7 Å². The van der Waals surface area contributed by atoms with Crippen LogP contribution in [-0.2, 0) is 10.3 Å². The van der Waals surface area contributed by atoms with Gasteiger partial charge in [-0.25, -0.2) is 4.79 Å². The number of ketones is 1. The fourth-order valence-corrected chi connectivity index (χ4v) is 3.48. The van der Waals surface area contributed by atoms with Crippen LogP contribution in [0.4, 0.5) is 4.79 Å². The molecule has 2 aromatic carbocycles. The van der Waals surface area contributed by atoms with Gasteiger partial charge in [-0.15, -0.1) is 0 Å². The quantitative estimate of drug-likeness (QED) is 0.732. The van der Waals surface area contributed by atoms with E-state index in [9.17, 15) is 9.59 Å². The van der Waals surface area contributed by atoms with Crippen LogP contribution in [0.2, 0.25) is 0 Å². The Kier molecular flexibility index (Phi) is 5.09. The maximum atomic E-state index is 12.4. The third-order valence-corrected chi connectivity index (χ3v) is 4.92. The number of carbonyl (C=O) groups excluding carboxylic acids is 2. The van der Waals surface area contributed by atoms with Crippen LogP contribution in [0.3, 0.4) is 0 Å². The van der Waals surface area contributed by atoms with E-state index in [0.717, 1.165) is 36.0 Å². The number of carbonyl (C=O) groups is 2. The molecule has 4 nitrogen and oxygen atoms in total. The van der Waals surface area contributed by atoms with Crippen LogP contribution in [-0.4, -0.2) is 17.4 Å². The van der Waals surface area contributed by atoms with Crippen LogP contribution in [0.15, 0.2) is 48.5 Å². The van der Waals surface area contributed by atoms with Crippen LogP contribution in [0, 0.1) is 0 Å². The summed E-state index contributed by atoms with van der Waals surface area (Å²) in [5, 5.41) is 2.85. The number of ether oxygens (including phenoxy) is 1. The number of amides is 1. The fourth-order valence-electron chi connectivity index (χ4n) is 3.48. The Bertz CT molecular complexity index is 846. The molecule has 1 N–H and O–H groups in total. The fraction of sp³-hybridized carbons (Fsp3) is 0.391. The molecule has 0 radical (unpaired) electrons. The van der Waals surface area contributed by atoms with Crippen molar-refractivity contribution in [1.29, 1.82) is 0 Å². The summed E-state index contributed by atoms with van der Waals surface area (Å²) >= 11 is 0. The molecule has 0 unspecified atom stereocenters. The summed E-state index contributed by atoms with van der Waals surface area (Å²) in [4.78, 5) is 24.8. The second-order valence-electron chi connectivity index (χ2n) is 8.29. The second-order valence-corrected chi connectivity index (χ2v) is 8.29. The number of hydrogen-bond acceptors (Lipinski definition) is 3. The van der Waals surface area contributed by atoms with Gasteiger partial charge in [-0.3, -0.25) is 4.79 Å². The lowest BCUT2D eigenvalue weighted by molar-refractivity contribution is -0.0553. The van der Waals surface area contributed by atoms with Crippen LogP contribution in [0.25, 0.3) is 11.1 Å². The van der Waals surface area contributed by atoms with Crippen molar-refractivity contribution >= 4 is 11.9 Å². The number of rotatable bonds is 4. The molecule has 1 saturated carbocycles. The molecule has 0 aliphatic heterocycles. The molecule has 0 bridgehead atoms. The Balaban J connectivity index is 1.96. The van der Waals surface area contributed by atoms with Gasteiger partial charge < -0.3 is 10.1 Å². The van der Waals surface area contributed by atoms with Gasteiger partial charge in [0.05, 0.1) is 0 Å². The molecule has 142 valence electrons. The third kappa shape index (κ3) is 4.21. The molecule has 27 heavy (non-hydrogen) atoms. The van der Waals surface area contributed by atoms with Crippen molar-refractivity contribution in [3.8, 4) is 11.1 Å². The van der Waals surface area contributed by atoms with Gasteiger partial charge in [0.1, 0.15) is 5.60 Å². The van der Waals surface area contributed by atoms with Crippen molar-refractivity contribution in [2.75, 3.05) is 0 Å². The van der Waals surface area contributed by atoms with Crippen LogP contribution >= 0.6 is 0 Å². The minimum Gasteiger partial charge on any atom is -0.438 e. The van der Waals surface area contributed by atoms with E-state index in [-0.39, 0.29) is 11.3 Å². The Labute approximate surface area is 160 Å². The first kappa shape index (κ1) is 19.2. The van der Waals surface area contributed by atoms with Gasteiger partial charge >= 0.3 is 6.09 Å². The summed E-state index contributed by atoms with van der Waals surface area (Å²) in [6.07, 6.45) is 2.00. The number of hydrogen-bond donors (Lipinski definition) is 1. The summed E-state index contributed by atoms with van der Waals surface area (Å²) in [6.45, 7) is 7.31. The molecule has 3 rings (SSSR count). The molecular weight excluding hydrogens is 338 g/mol. The summed E-state index contributed by atoms with van der Waals surface area (Å²) in [7, 11) is 0. The predicted octanol–water partition coefficient (Wildman–Crippen LogP) is 5.46. The Morgan fingerprint density at radius 2 is 1.67 bits per heavy atom. The molecule has 0 heterocycles. The lowest BCUT2D eigenvalue weighted by Gasteiger charge is -2.42. The Morgan fingerprint density at radius 3 is 2.19 bits per heavy atom. The van der Waals surface area contributed by atoms with Crippen LogP contribution < -0.4 is 5.32 Å². The van der Waals surface area contributed by atoms with E-state index in [0.29, 0.717) is 5.56 Å². The molecule has 0 aromatic heterocycles. The third-order valence-electron chi connectivity index (χ3n) is 4.92. The molecular formula is C23H27NO3.